The Balaban J connectivity index is 1.88. The highest BCUT2D eigenvalue weighted by Crippen LogP contribution is 2.31. The maximum atomic E-state index is 4.06. The second kappa shape index (κ2) is 3.91. The molecule has 0 atom stereocenters. The van der Waals surface area contributed by atoms with E-state index in [1.165, 1.54) is 20.9 Å². The zero-order valence-electron chi connectivity index (χ0n) is 9.02. The van der Waals surface area contributed by atoms with Crippen molar-refractivity contribution in [3.05, 3.63) is 52.6 Å². The van der Waals surface area contributed by atoms with E-state index < -0.39 is 0 Å². The summed E-state index contributed by atoms with van der Waals surface area (Å²) in [6, 6.07) is 2.32. The van der Waals surface area contributed by atoms with E-state index in [9.17, 15) is 0 Å². The summed E-state index contributed by atoms with van der Waals surface area (Å²) in [5.41, 5.74) is 2.73. The first kappa shape index (κ1) is 9.85. The Bertz CT molecular complexity index is 520. The molecule has 3 rings (SSSR count). The standard InChI is InChI=1S/C13H13N2S/c1-10-2-3-11-7-12(16-13(11)6-10)8-15-5-4-14-9-15/h4-7,9H,1-3,8H2. The van der Waals surface area contributed by atoms with Crippen LogP contribution in [0.2, 0.25) is 0 Å². The minimum atomic E-state index is 0.929. The minimum Gasteiger partial charge on any atom is -0.332 e. The number of rotatable bonds is 2. The van der Waals surface area contributed by atoms with E-state index in [2.05, 4.69) is 28.6 Å². The van der Waals surface area contributed by atoms with E-state index in [0.29, 0.717) is 0 Å². The first-order valence-corrected chi connectivity index (χ1v) is 6.23. The van der Waals surface area contributed by atoms with Crippen LogP contribution in [0.4, 0.5) is 0 Å². The Hall–Kier alpha value is -1.35. The predicted octanol–water partition coefficient (Wildman–Crippen LogP) is 3.16. The second-order valence-electron chi connectivity index (χ2n) is 4.14. The quantitative estimate of drug-likeness (QED) is 0.773. The zero-order chi connectivity index (χ0) is 11.0. The van der Waals surface area contributed by atoms with Crippen LogP contribution < -0.4 is 0 Å². The number of allylic oxidation sites excluding steroid dienone is 1. The van der Waals surface area contributed by atoms with E-state index in [-0.39, 0.29) is 0 Å². The molecule has 0 saturated carbocycles. The van der Waals surface area contributed by atoms with E-state index in [1.54, 1.807) is 0 Å². The van der Waals surface area contributed by atoms with Crippen LogP contribution in [0.25, 0.3) is 6.08 Å². The van der Waals surface area contributed by atoms with Gasteiger partial charge in [-0.3, -0.25) is 0 Å². The van der Waals surface area contributed by atoms with Gasteiger partial charge in [0.1, 0.15) is 0 Å². The summed E-state index contributed by atoms with van der Waals surface area (Å²) < 4.78 is 2.10. The molecular formula is C13H13N2S. The van der Waals surface area contributed by atoms with E-state index in [0.717, 1.165) is 19.4 Å². The van der Waals surface area contributed by atoms with Crippen LogP contribution >= 0.6 is 11.3 Å². The first-order chi connectivity index (χ1) is 7.81. The maximum absolute atomic E-state index is 4.06. The molecule has 0 aromatic carbocycles. The predicted molar refractivity (Wildman–Crippen MR) is 67.3 cm³/mol. The van der Waals surface area contributed by atoms with Crippen molar-refractivity contribution in [2.75, 3.05) is 0 Å². The molecule has 81 valence electrons. The molecule has 16 heavy (non-hydrogen) atoms. The third-order valence-corrected chi connectivity index (χ3v) is 3.95. The van der Waals surface area contributed by atoms with Crippen molar-refractivity contribution in [3.63, 3.8) is 0 Å². The van der Waals surface area contributed by atoms with Crippen LogP contribution in [0.3, 0.4) is 0 Å². The van der Waals surface area contributed by atoms with Crippen molar-refractivity contribution in [2.24, 2.45) is 0 Å². The molecule has 1 aliphatic rings. The van der Waals surface area contributed by atoms with Crippen LogP contribution in [0.5, 0.6) is 0 Å². The van der Waals surface area contributed by atoms with Gasteiger partial charge in [-0.1, -0.05) is 5.57 Å². The summed E-state index contributed by atoms with van der Waals surface area (Å²) in [7, 11) is 0. The number of nitrogens with zero attached hydrogens (tertiary/aromatic N) is 2. The fourth-order valence-corrected chi connectivity index (χ4v) is 3.23. The number of aryl methyl sites for hydroxylation is 1. The van der Waals surface area contributed by atoms with Crippen molar-refractivity contribution >= 4 is 17.4 Å². The number of hydrogen-bond acceptors (Lipinski definition) is 2. The lowest BCUT2D eigenvalue weighted by Gasteiger charge is -2.07. The zero-order valence-corrected chi connectivity index (χ0v) is 9.83. The number of thiophene rings is 1. The summed E-state index contributed by atoms with van der Waals surface area (Å²) >= 11 is 1.87. The average Bonchev–Trinajstić information content (AvgIpc) is 2.86. The highest BCUT2D eigenvalue weighted by molar-refractivity contribution is 7.13. The van der Waals surface area contributed by atoms with Crippen molar-refractivity contribution in [3.8, 4) is 0 Å². The van der Waals surface area contributed by atoms with Crippen LogP contribution in [-0.4, -0.2) is 9.55 Å². The Kier molecular flexibility index (Phi) is 2.40. The van der Waals surface area contributed by atoms with Gasteiger partial charge in [0.25, 0.3) is 0 Å². The molecule has 0 spiro atoms. The lowest BCUT2D eigenvalue weighted by Crippen LogP contribution is -1.93. The molecule has 0 aliphatic heterocycles. The molecule has 1 radical (unpaired) electrons. The SMILES string of the molecule is [CH2]C1=Cc2sc(Cn3ccnc3)cc2CC1. The van der Waals surface area contributed by atoms with Crippen LogP contribution in [0.1, 0.15) is 21.7 Å². The van der Waals surface area contributed by atoms with Crippen LogP contribution in [-0.2, 0) is 13.0 Å². The minimum absolute atomic E-state index is 0.929. The van der Waals surface area contributed by atoms with Crippen molar-refractivity contribution in [1.29, 1.82) is 0 Å². The Morgan fingerprint density at radius 1 is 1.44 bits per heavy atom. The Morgan fingerprint density at radius 2 is 2.38 bits per heavy atom. The maximum Gasteiger partial charge on any atom is 0.0949 e. The largest absolute Gasteiger partial charge is 0.332 e. The normalized spacial score (nSPS) is 14.7. The fraction of sp³-hybridized carbons (Fsp3) is 0.231. The number of fused-ring (bicyclic) bond motifs is 1. The second-order valence-corrected chi connectivity index (χ2v) is 5.31. The first-order valence-electron chi connectivity index (χ1n) is 5.41. The third-order valence-electron chi connectivity index (χ3n) is 2.84. The number of imidazole rings is 1. The van der Waals surface area contributed by atoms with Gasteiger partial charge in [-0.25, -0.2) is 4.98 Å². The molecule has 1 aliphatic carbocycles. The summed E-state index contributed by atoms with van der Waals surface area (Å²) in [6.07, 6.45) is 10.2. The Morgan fingerprint density at radius 3 is 3.19 bits per heavy atom. The van der Waals surface area contributed by atoms with Crippen molar-refractivity contribution in [2.45, 2.75) is 19.4 Å². The van der Waals surface area contributed by atoms with E-state index in [1.807, 2.05) is 30.1 Å². The summed E-state index contributed by atoms with van der Waals surface area (Å²) in [4.78, 5) is 6.85. The van der Waals surface area contributed by atoms with Gasteiger partial charge < -0.3 is 4.57 Å². The highest BCUT2D eigenvalue weighted by atomic mass is 32.1. The molecule has 0 saturated heterocycles. The number of hydrogen-bond donors (Lipinski definition) is 0. The van der Waals surface area contributed by atoms with Gasteiger partial charge in [0.2, 0.25) is 0 Å². The van der Waals surface area contributed by atoms with Gasteiger partial charge in [-0.15, -0.1) is 11.3 Å². The molecule has 2 aromatic heterocycles. The summed E-state index contributed by atoms with van der Waals surface area (Å²) in [5, 5.41) is 0. The molecule has 2 heterocycles. The molecule has 0 unspecified atom stereocenters. The van der Waals surface area contributed by atoms with E-state index in [4.69, 9.17) is 0 Å². The van der Waals surface area contributed by atoms with Crippen LogP contribution in [0, 0.1) is 6.92 Å². The molecular weight excluding hydrogens is 216 g/mol. The molecule has 3 heteroatoms. The molecule has 0 fully saturated rings. The molecule has 0 amide bonds. The molecule has 2 nitrogen and oxygen atoms in total. The van der Waals surface area contributed by atoms with Crippen molar-refractivity contribution in [1.82, 2.24) is 9.55 Å². The molecule has 0 bridgehead atoms. The molecule has 2 aromatic rings. The van der Waals surface area contributed by atoms with Gasteiger partial charge >= 0.3 is 0 Å². The van der Waals surface area contributed by atoms with Gasteiger partial charge in [0, 0.05) is 22.1 Å². The topological polar surface area (TPSA) is 17.8 Å². The summed E-state index contributed by atoms with van der Waals surface area (Å²) in [6.45, 7) is 4.96. The van der Waals surface area contributed by atoms with Crippen LogP contribution in [0.15, 0.2) is 30.4 Å². The molecule has 0 N–H and O–H groups in total. The monoisotopic (exact) mass is 229 g/mol. The lowest BCUT2D eigenvalue weighted by molar-refractivity contribution is 0.808. The highest BCUT2D eigenvalue weighted by Gasteiger charge is 2.12. The Labute approximate surface area is 99.3 Å². The van der Waals surface area contributed by atoms with Gasteiger partial charge in [0.05, 0.1) is 12.9 Å². The van der Waals surface area contributed by atoms with E-state index >= 15 is 0 Å². The van der Waals surface area contributed by atoms with Gasteiger partial charge in [-0.05, 0) is 37.5 Å². The number of aromatic nitrogens is 2. The summed E-state index contributed by atoms with van der Waals surface area (Å²) in [5.74, 6) is 0. The lowest BCUT2D eigenvalue weighted by atomic mass is 9.99. The fourth-order valence-electron chi connectivity index (χ4n) is 2.01. The van der Waals surface area contributed by atoms with Gasteiger partial charge in [0.15, 0.2) is 0 Å². The third kappa shape index (κ3) is 1.83. The average molecular weight is 229 g/mol. The van der Waals surface area contributed by atoms with Gasteiger partial charge in [-0.2, -0.15) is 0 Å². The smallest absolute Gasteiger partial charge is 0.0949 e. The van der Waals surface area contributed by atoms with Crippen molar-refractivity contribution < 1.29 is 0 Å².